The lowest BCUT2D eigenvalue weighted by Gasteiger charge is -2.54. The second-order valence-electron chi connectivity index (χ2n) is 10.4. The van der Waals surface area contributed by atoms with E-state index in [0.717, 1.165) is 31.8 Å². The van der Waals surface area contributed by atoms with Crippen molar-refractivity contribution in [2.75, 3.05) is 32.7 Å². The van der Waals surface area contributed by atoms with Gasteiger partial charge in [-0.3, -0.25) is 4.79 Å². The fraction of sp³-hybridized carbons (Fsp3) is 0.958. The van der Waals surface area contributed by atoms with Crippen molar-refractivity contribution >= 4 is 5.91 Å². The van der Waals surface area contributed by atoms with Gasteiger partial charge in [0.25, 0.3) is 0 Å². The minimum Gasteiger partial charge on any atom is -0.341 e. The van der Waals surface area contributed by atoms with E-state index in [1.807, 2.05) is 0 Å². The quantitative estimate of drug-likeness (QED) is 0.458. The predicted molar refractivity (Wildman–Crippen MR) is 116 cm³/mol. The molecule has 2 aliphatic rings. The highest BCUT2D eigenvalue weighted by Crippen LogP contribution is 2.41. The maximum absolute atomic E-state index is 12.6. The molecule has 0 saturated carbocycles. The molecule has 2 heterocycles. The summed E-state index contributed by atoms with van der Waals surface area (Å²) < 4.78 is 0. The molecule has 0 bridgehead atoms. The van der Waals surface area contributed by atoms with Crippen LogP contribution in [0.2, 0.25) is 0 Å². The van der Waals surface area contributed by atoms with Crippen LogP contribution in [0.15, 0.2) is 0 Å². The van der Waals surface area contributed by atoms with Crippen molar-refractivity contribution in [3.8, 4) is 0 Å². The van der Waals surface area contributed by atoms with Gasteiger partial charge in [0.15, 0.2) is 0 Å². The van der Waals surface area contributed by atoms with Crippen LogP contribution in [0.5, 0.6) is 0 Å². The molecule has 3 heteroatoms. The second kappa shape index (κ2) is 10.3. The Morgan fingerprint density at radius 1 is 1.04 bits per heavy atom. The molecule has 2 rings (SSSR count). The van der Waals surface area contributed by atoms with E-state index in [1.165, 1.54) is 71.0 Å². The fourth-order valence-corrected chi connectivity index (χ4v) is 5.05. The molecule has 1 spiro atoms. The maximum Gasteiger partial charge on any atom is 0.222 e. The van der Waals surface area contributed by atoms with Crippen LogP contribution in [-0.2, 0) is 4.79 Å². The Morgan fingerprint density at radius 3 is 2.26 bits per heavy atom. The number of amides is 1. The van der Waals surface area contributed by atoms with Crippen molar-refractivity contribution in [1.29, 1.82) is 0 Å². The van der Waals surface area contributed by atoms with Crippen LogP contribution >= 0.6 is 0 Å². The predicted octanol–water partition coefficient (Wildman–Crippen LogP) is 5.73. The highest BCUT2D eigenvalue weighted by Gasteiger charge is 2.46. The van der Waals surface area contributed by atoms with Crippen molar-refractivity contribution in [3.63, 3.8) is 0 Å². The van der Waals surface area contributed by atoms with Crippen LogP contribution in [0.3, 0.4) is 0 Å². The first-order valence-corrected chi connectivity index (χ1v) is 11.8. The number of unbranched alkanes of at least 4 members (excludes halogenated alkanes) is 1. The van der Waals surface area contributed by atoms with E-state index >= 15 is 0 Å². The molecule has 0 aromatic heterocycles. The van der Waals surface area contributed by atoms with Crippen molar-refractivity contribution in [3.05, 3.63) is 0 Å². The number of rotatable bonds is 11. The summed E-state index contributed by atoms with van der Waals surface area (Å²) >= 11 is 0. The zero-order valence-corrected chi connectivity index (χ0v) is 19.0. The van der Waals surface area contributed by atoms with Crippen LogP contribution in [0.4, 0.5) is 0 Å². The number of carbonyl (C=O) groups excluding carboxylic acids is 1. The minimum absolute atomic E-state index is 0.313. The van der Waals surface area contributed by atoms with E-state index in [2.05, 4.69) is 44.4 Å². The van der Waals surface area contributed by atoms with Gasteiger partial charge in [-0.2, -0.15) is 0 Å². The minimum atomic E-state index is 0.313. The Labute approximate surface area is 169 Å². The van der Waals surface area contributed by atoms with Gasteiger partial charge in [0, 0.05) is 31.5 Å². The number of likely N-dealkylation sites (tertiary alicyclic amines) is 2. The average molecular weight is 379 g/mol. The van der Waals surface area contributed by atoms with E-state index in [-0.39, 0.29) is 0 Å². The van der Waals surface area contributed by atoms with Crippen LogP contribution in [0.25, 0.3) is 0 Å². The van der Waals surface area contributed by atoms with Crippen molar-refractivity contribution < 1.29 is 4.79 Å². The third-order valence-electron chi connectivity index (χ3n) is 7.34. The van der Waals surface area contributed by atoms with Gasteiger partial charge in [-0.05, 0) is 56.5 Å². The van der Waals surface area contributed by atoms with Gasteiger partial charge < -0.3 is 9.80 Å². The topological polar surface area (TPSA) is 23.6 Å². The van der Waals surface area contributed by atoms with E-state index in [0.29, 0.717) is 16.7 Å². The van der Waals surface area contributed by atoms with Crippen molar-refractivity contribution in [2.24, 2.45) is 16.7 Å². The third-order valence-corrected chi connectivity index (χ3v) is 7.34. The molecular formula is C24H46N2O. The first-order valence-electron chi connectivity index (χ1n) is 11.8. The zero-order chi connectivity index (χ0) is 19.9. The molecule has 2 aliphatic heterocycles. The van der Waals surface area contributed by atoms with E-state index in [9.17, 15) is 4.79 Å². The SMILES string of the molecule is CCCCC(C)(C)CCC(=O)N1CC2(CCN(CC(CC)CCC)CC2)C1. The van der Waals surface area contributed by atoms with Crippen LogP contribution < -0.4 is 0 Å². The smallest absolute Gasteiger partial charge is 0.222 e. The molecule has 1 unspecified atom stereocenters. The molecule has 0 radical (unpaired) electrons. The Kier molecular flexibility index (Phi) is 8.65. The fourth-order valence-electron chi connectivity index (χ4n) is 5.05. The molecule has 0 aliphatic carbocycles. The van der Waals surface area contributed by atoms with Gasteiger partial charge in [-0.15, -0.1) is 0 Å². The van der Waals surface area contributed by atoms with Crippen LogP contribution in [0, 0.1) is 16.7 Å². The number of hydrogen-bond acceptors (Lipinski definition) is 2. The van der Waals surface area contributed by atoms with Gasteiger partial charge in [0.2, 0.25) is 5.91 Å². The molecule has 1 amide bonds. The lowest BCUT2D eigenvalue weighted by Crippen LogP contribution is -2.62. The Hall–Kier alpha value is -0.570. The summed E-state index contributed by atoms with van der Waals surface area (Å²) in [4.78, 5) is 17.4. The van der Waals surface area contributed by atoms with Crippen LogP contribution in [0.1, 0.15) is 98.8 Å². The van der Waals surface area contributed by atoms with Crippen molar-refractivity contribution in [1.82, 2.24) is 9.80 Å². The normalized spacial score (nSPS) is 21.3. The van der Waals surface area contributed by atoms with E-state index < -0.39 is 0 Å². The Morgan fingerprint density at radius 2 is 1.70 bits per heavy atom. The Bertz CT molecular complexity index is 443. The lowest BCUT2D eigenvalue weighted by molar-refractivity contribution is -0.147. The summed E-state index contributed by atoms with van der Waals surface area (Å²) in [6.45, 7) is 17.4. The number of hydrogen-bond donors (Lipinski definition) is 0. The molecule has 158 valence electrons. The highest BCUT2D eigenvalue weighted by molar-refractivity contribution is 5.77. The highest BCUT2D eigenvalue weighted by atomic mass is 16.2. The number of nitrogens with zero attached hydrogens (tertiary/aromatic N) is 2. The van der Waals surface area contributed by atoms with Crippen molar-refractivity contribution in [2.45, 2.75) is 98.8 Å². The molecule has 0 aromatic carbocycles. The summed E-state index contributed by atoms with van der Waals surface area (Å²) in [6, 6.07) is 0. The Balaban J connectivity index is 1.67. The molecule has 0 N–H and O–H groups in total. The summed E-state index contributed by atoms with van der Waals surface area (Å²) in [7, 11) is 0. The van der Waals surface area contributed by atoms with Gasteiger partial charge in [-0.1, -0.05) is 60.3 Å². The molecular weight excluding hydrogens is 332 g/mol. The first-order chi connectivity index (χ1) is 12.8. The standard InChI is InChI=1S/C24H46N2O/c1-6-9-12-23(4,5)13-11-22(27)26-19-24(20-26)14-16-25(17-15-24)18-21(8-3)10-7-2/h21H,6-20H2,1-5H3. The molecule has 0 aromatic rings. The molecule has 2 saturated heterocycles. The number of carbonyl (C=O) groups is 1. The summed E-state index contributed by atoms with van der Waals surface area (Å²) in [5.41, 5.74) is 0.768. The van der Waals surface area contributed by atoms with Crippen LogP contribution in [-0.4, -0.2) is 48.4 Å². The largest absolute Gasteiger partial charge is 0.341 e. The summed E-state index contributed by atoms with van der Waals surface area (Å²) in [5.74, 6) is 1.28. The van der Waals surface area contributed by atoms with Gasteiger partial charge >= 0.3 is 0 Å². The van der Waals surface area contributed by atoms with Gasteiger partial charge in [-0.25, -0.2) is 0 Å². The van der Waals surface area contributed by atoms with Gasteiger partial charge in [0.05, 0.1) is 0 Å². The second-order valence-corrected chi connectivity index (χ2v) is 10.4. The molecule has 1 atom stereocenters. The summed E-state index contributed by atoms with van der Waals surface area (Å²) in [5, 5.41) is 0. The third kappa shape index (κ3) is 6.76. The first kappa shape index (κ1) is 22.7. The van der Waals surface area contributed by atoms with E-state index in [1.54, 1.807) is 0 Å². The number of piperidine rings is 1. The van der Waals surface area contributed by atoms with E-state index in [4.69, 9.17) is 0 Å². The molecule has 2 fully saturated rings. The maximum atomic E-state index is 12.6. The lowest BCUT2D eigenvalue weighted by atomic mass is 9.71. The summed E-state index contributed by atoms with van der Waals surface area (Å²) in [6.07, 6.45) is 12.1. The monoisotopic (exact) mass is 378 g/mol. The van der Waals surface area contributed by atoms with Gasteiger partial charge in [0.1, 0.15) is 0 Å². The average Bonchev–Trinajstić information content (AvgIpc) is 2.63. The molecule has 3 nitrogen and oxygen atoms in total. The molecule has 27 heavy (non-hydrogen) atoms. The zero-order valence-electron chi connectivity index (χ0n) is 19.0.